The quantitative estimate of drug-likeness (QED) is 0.574. The van der Waals surface area contributed by atoms with Crippen LogP contribution in [0.25, 0.3) is 0 Å². The topological polar surface area (TPSA) is 61.8 Å². The normalized spacial score (nSPS) is 12.9. The summed E-state index contributed by atoms with van der Waals surface area (Å²) in [6.07, 6.45) is 0.527. The standard InChI is InChI=1S/C10H22N2O3/c1-12(2)7-5-10(14)11-6-4-9(13)8-15-3/h9,13H,4-8H2,1-3H3,(H,11,14). The average molecular weight is 218 g/mol. The number of hydrogen-bond donors (Lipinski definition) is 2. The smallest absolute Gasteiger partial charge is 0.221 e. The fraction of sp³-hybridized carbons (Fsp3) is 0.900. The number of nitrogens with zero attached hydrogens (tertiary/aromatic N) is 1. The van der Waals surface area contributed by atoms with Crippen molar-refractivity contribution in [2.75, 3.05) is 40.9 Å². The first-order chi connectivity index (χ1) is 7.06. The van der Waals surface area contributed by atoms with Crippen LogP contribution in [0.5, 0.6) is 0 Å². The predicted octanol–water partition coefficient (Wildman–Crippen LogP) is -0.548. The maximum atomic E-state index is 11.2. The van der Waals surface area contributed by atoms with Crippen molar-refractivity contribution in [3.63, 3.8) is 0 Å². The molecule has 1 unspecified atom stereocenters. The van der Waals surface area contributed by atoms with Crippen molar-refractivity contribution in [3.05, 3.63) is 0 Å². The second kappa shape index (κ2) is 8.64. The molecular weight excluding hydrogens is 196 g/mol. The molecule has 0 aliphatic rings. The van der Waals surface area contributed by atoms with Crippen LogP contribution in [-0.2, 0) is 9.53 Å². The Kier molecular flexibility index (Phi) is 8.27. The van der Waals surface area contributed by atoms with Crippen molar-refractivity contribution in [1.29, 1.82) is 0 Å². The van der Waals surface area contributed by atoms with Gasteiger partial charge in [-0.15, -0.1) is 0 Å². The Balaban J connectivity index is 3.38. The van der Waals surface area contributed by atoms with Gasteiger partial charge in [0.25, 0.3) is 0 Å². The van der Waals surface area contributed by atoms with Gasteiger partial charge in [-0.2, -0.15) is 0 Å². The summed E-state index contributed by atoms with van der Waals surface area (Å²) in [4.78, 5) is 13.2. The third-order valence-corrected chi connectivity index (χ3v) is 1.94. The Hall–Kier alpha value is -0.650. The van der Waals surface area contributed by atoms with Crippen molar-refractivity contribution >= 4 is 5.91 Å². The van der Waals surface area contributed by atoms with Crippen molar-refractivity contribution in [2.24, 2.45) is 0 Å². The summed E-state index contributed by atoms with van der Waals surface area (Å²) >= 11 is 0. The second-order valence-corrected chi connectivity index (χ2v) is 3.80. The highest BCUT2D eigenvalue weighted by Crippen LogP contribution is 1.91. The molecule has 0 radical (unpaired) electrons. The lowest BCUT2D eigenvalue weighted by atomic mass is 10.2. The highest BCUT2D eigenvalue weighted by Gasteiger charge is 2.05. The lowest BCUT2D eigenvalue weighted by molar-refractivity contribution is -0.121. The van der Waals surface area contributed by atoms with Gasteiger partial charge in [0.15, 0.2) is 0 Å². The molecule has 0 spiro atoms. The van der Waals surface area contributed by atoms with E-state index in [1.54, 1.807) is 7.11 Å². The second-order valence-electron chi connectivity index (χ2n) is 3.80. The first kappa shape index (κ1) is 14.3. The molecule has 5 nitrogen and oxygen atoms in total. The molecule has 15 heavy (non-hydrogen) atoms. The van der Waals surface area contributed by atoms with Gasteiger partial charge in [-0.3, -0.25) is 4.79 Å². The van der Waals surface area contributed by atoms with Crippen molar-refractivity contribution in [1.82, 2.24) is 10.2 Å². The van der Waals surface area contributed by atoms with Crippen LogP contribution < -0.4 is 5.32 Å². The van der Waals surface area contributed by atoms with Crippen molar-refractivity contribution in [2.45, 2.75) is 18.9 Å². The summed E-state index contributed by atoms with van der Waals surface area (Å²) in [7, 11) is 5.39. The molecule has 0 saturated heterocycles. The number of methoxy groups -OCH3 is 1. The predicted molar refractivity (Wildman–Crippen MR) is 58.7 cm³/mol. The van der Waals surface area contributed by atoms with Gasteiger partial charge in [-0.25, -0.2) is 0 Å². The van der Waals surface area contributed by atoms with E-state index in [1.807, 2.05) is 19.0 Å². The number of ether oxygens (including phenoxy) is 1. The summed E-state index contributed by atoms with van der Waals surface area (Å²) < 4.78 is 4.77. The number of nitrogens with one attached hydrogen (secondary N) is 1. The van der Waals surface area contributed by atoms with Gasteiger partial charge >= 0.3 is 0 Å². The summed E-state index contributed by atoms with van der Waals surface area (Å²) in [5, 5.41) is 12.0. The number of carbonyl (C=O) groups is 1. The molecule has 0 rings (SSSR count). The number of amides is 1. The number of aliphatic hydroxyl groups is 1. The largest absolute Gasteiger partial charge is 0.391 e. The Bertz CT molecular complexity index is 174. The van der Waals surface area contributed by atoms with Crippen LogP contribution in [0, 0.1) is 0 Å². The van der Waals surface area contributed by atoms with Crippen LogP contribution in [0.15, 0.2) is 0 Å². The van der Waals surface area contributed by atoms with E-state index in [0.717, 1.165) is 6.54 Å². The molecule has 0 aromatic rings. The van der Waals surface area contributed by atoms with Gasteiger partial charge < -0.3 is 20.1 Å². The molecule has 0 heterocycles. The van der Waals surface area contributed by atoms with E-state index in [4.69, 9.17) is 4.74 Å². The van der Waals surface area contributed by atoms with E-state index in [-0.39, 0.29) is 5.91 Å². The van der Waals surface area contributed by atoms with Gasteiger partial charge in [0.2, 0.25) is 5.91 Å². The highest BCUT2D eigenvalue weighted by atomic mass is 16.5. The number of hydrogen-bond acceptors (Lipinski definition) is 4. The lowest BCUT2D eigenvalue weighted by Gasteiger charge is -2.11. The molecule has 0 aromatic carbocycles. The molecule has 0 fully saturated rings. The van der Waals surface area contributed by atoms with Crippen LogP contribution in [-0.4, -0.2) is 62.9 Å². The number of rotatable bonds is 8. The number of aliphatic hydroxyl groups excluding tert-OH is 1. The van der Waals surface area contributed by atoms with E-state index >= 15 is 0 Å². The molecule has 90 valence electrons. The van der Waals surface area contributed by atoms with Gasteiger partial charge in [0.1, 0.15) is 0 Å². The zero-order valence-electron chi connectivity index (χ0n) is 9.82. The van der Waals surface area contributed by atoms with Crippen LogP contribution in [0.2, 0.25) is 0 Å². The minimum absolute atomic E-state index is 0.0216. The zero-order chi connectivity index (χ0) is 11.7. The maximum absolute atomic E-state index is 11.2. The molecule has 5 heteroatoms. The minimum Gasteiger partial charge on any atom is -0.391 e. The van der Waals surface area contributed by atoms with E-state index < -0.39 is 6.10 Å². The average Bonchev–Trinajstić information content (AvgIpc) is 2.15. The molecule has 0 bridgehead atoms. The fourth-order valence-corrected chi connectivity index (χ4v) is 1.07. The molecule has 0 aliphatic carbocycles. The van der Waals surface area contributed by atoms with E-state index in [9.17, 15) is 9.90 Å². The third-order valence-electron chi connectivity index (χ3n) is 1.94. The van der Waals surface area contributed by atoms with E-state index in [2.05, 4.69) is 5.32 Å². The number of carbonyl (C=O) groups excluding carboxylic acids is 1. The Labute approximate surface area is 91.4 Å². The SMILES string of the molecule is COCC(O)CCNC(=O)CCN(C)C. The maximum Gasteiger partial charge on any atom is 0.221 e. The third kappa shape index (κ3) is 9.65. The Morgan fingerprint density at radius 1 is 1.53 bits per heavy atom. The Morgan fingerprint density at radius 2 is 2.20 bits per heavy atom. The molecular formula is C10H22N2O3. The summed E-state index contributed by atoms with van der Waals surface area (Å²) in [6, 6.07) is 0. The molecule has 0 aromatic heterocycles. The van der Waals surface area contributed by atoms with Gasteiger partial charge in [0, 0.05) is 26.6 Å². The highest BCUT2D eigenvalue weighted by molar-refractivity contribution is 5.75. The monoisotopic (exact) mass is 218 g/mol. The van der Waals surface area contributed by atoms with Gasteiger partial charge in [-0.1, -0.05) is 0 Å². The molecule has 2 N–H and O–H groups in total. The van der Waals surface area contributed by atoms with Crippen LogP contribution in [0.1, 0.15) is 12.8 Å². The van der Waals surface area contributed by atoms with Crippen molar-refractivity contribution < 1.29 is 14.6 Å². The first-order valence-electron chi connectivity index (χ1n) is 5.14. The van der Waals surface area contributed by atoms with E-state index in [0.29, 0.717) is 26.0 Å². The molecule has 0 saturated carbocycles. The molecule has 1 atom stereocenters. The first-order valence-corrected chi connectivity index (χ1v) is 5.14. The van der Waals surface area contributed by atoms with Crippen LogP contribution in [0.3, 0.4) is 0 Å². The summed E-state index contributed by atoms with van der Waals surface area (Å²) in [6.45, 7) is 1.55. The zero-order valence-corrected chi connectivity index (χ0v) is 9.82. The van der Waals surface area contributed by atoms with Gasteiger partial charge in [-0.05, 0) is 20.5 Å². The van der Waals surface area contributed by atoms with Crippen molar-refractivity contribution in [3.8, 4) is 0 Å². The molecule has 1 amide bonds. The fourth-order valence-electron chi connectivity index (χ4n) is 1.07. The Morgan fingerprint density at radius 3 is 2.73 bits per heavy atom. The summed E-state index contributed by atoms with van der Waals surface area (Å²) in [5.41, 5.74) is 0. The van der Waals surface area contributed by atoms with Crippen LogP contribution >= 0.6 is 0 Å². The lowest BCUT2D eigenvalue weighted by Crippen LogP contribution is -2.30. The van der Waals surface area contributed by atoms with Crippen LogP contribution in [0.4, 0.5) is 0 Å². The van der Waals surface area contributed by atoms with E-state index in [1.165, 1.54) is 0 Å². The molecule has 0 aliphatic heterocycles. The van der Waals surface area contributed by atoms with Gasteiger partial charge in [0.05, 0.1) is 12.7 Å². The summed E-state index contributed by atoms with van der Waals surface area (Å²) in [5.74, 6) is 0.0216. The minimum atomic E-state index is -0.496.